The highest BCUT2D eigenvalue weighted by molar-refractivity contribution is 7.99. The maximum absolute atomic E-state index is 5.36. The zero-order valence-electron chi connectivity index (χ0n) is 7.34. The molecule has 0 atom stereocenters. The molecule has 0 aromatic rings. The van der Waals surface area contributed by atoms with Crippen LogP contribution in [-0.4, -0.2) is 31.8 Å². The van der Waals surface area contributed by atoms with Gasteiger partial charge >= 0.3 is 0 Å². The highest BCUT2D eigenvalue weighted by Crippen LogP contribution is 2.05. The Labute approximate surface area is 73.9 Å². The number of nitrogens with two attached hydrogens (primary N) is 1. The monoisotopic (exact) mass is 177 g/mol. The van der Waals surface area contributed by atoms with E-state index in [-0.39, 0.29) is 0 Å². The Morgan fingerprint density at radius 2 is 1.91 bits per heavy atom. The Morgan fingerprint density at radius 3 is 2.55 bits per heavy atom. The number of unbranched alkanes of at least 4 members (excludes halogenated alkanes) is 1. The molecule has 68 valence electrons. The van der Waals surface area contributed by atoms with E-state index in [1.807, 2.05) is 11.8 Å². The van der Waals surface area contributed by atoms with E-state index in [0.717, 1.165) is 19.6 Å². The largest absolute Gasteiger partial charge is 0.385 e. The van der Waals surface area contributed by atoms with Crippen molar-refractivity contribution in [2.75, 3.05) is 31.8 Å². The molecule has 0 aromatic heterocycles. The van der Waals surface area contributed by atoms with Gasteiger partial charge in [-0.2, -0.15) is 11.8 Å². The number of hydrogen-bond donors (Lipinski definition) is 1. The molecule has 0 unspecified atom stereocenters. The Hall–Kier alpha value is 0.270. The highest BCUT2D eigenvalue weighted by atomic mass is 32.2. The average molecular weight is 177 g/mol. The normalized spacial score (nSPS) is 10.4. The van der Waals surface area contributed by atoms with Crippen molar-refractivity contribution in [3.63, 3.8) is 0 Å². The smallest absolute Gasteiger partial charge is 0.0470 e. The van der Waals surface area contributed by atoms with Crippen molar-refractivity contribution in [1.82, 2.24) is 0 Å². The molecule has 0 aliphatic heterocycles. The molecule has 3 heteroatoms. The lowest BCUT2D eigenvalue weighted by Gasteiger charge is -1.99. The van der Waals surface area contributed by atoms with Crippen LogP contribution in [0, 0.1) is 0 Å². The molecule has 0 rings (SSSR count). The summed E-state index contributed by atoms with van der Waals surface area (Å²) < 4.78 is 4.94. The number of methoxy groups -OCH3 is 1. The van der Waals surface area contributed by atoms with Crippen molar-refractivity contribution in [3.8, 4) is 0 Å². The molecule has 11 heavy (non-hydrogen) atoms. The van der Waals surface area contributed by atoms with Gasteiger partial charge in [0.2, 0.25) is 0 Å². The minimum absolute atomic E-state index is 0.832. The summed E-state index contributed by atoms with van der Waals surface area (Å²) in [7, 11) is 1.75. The molecule has 0 spiro atoms. The van der Waals surface area contributed by atoms with Gasteiger partial charge in [-0.25, -0.2) is 0 Å². The van der Waals surface area contributed by atoms with Gasteiger partial charge in [-0.1, -0.05) is 0 Å². The SMILES string of the molecule is COCCCSCCCCN. The van der Waals surface area contributed by atoms with Crippen molar-refractivity contribution < 1.29 is 4.74 Å². The van der Waals surface area contributed by atoms with Crippen LogP contribution in [0.3, 0.4) is 0 Å². The molecule has 2 nitrogen and oxygen atoms in total. The fourth-order valence-corrected chi connectivity index (χ4v) is 1.69. The third kappa shape index (κ3) is 10.3. The van der Waals surface area contributed by atoms with Gasteiger partial charge < -0.3 is 10.5 Å². The van der Waals surface area contributed by atoms with Crippen molar-refractivity contribution in [3.05, 3.63) is 0 Å². The van der Waals surface area contributed by atoms with Crippen LogP contribution in [0.15, 0.2) is 0 Å². The van der Waals surface area contributed by atoms with Crippen LogP contribution >= 0.6 is 11.8 Å². The fraction of sp³-hybridized carbons (Fsp3) is 1.00. The van der Waals surface area contributed by atoms with Crippen molar-refractivity contribution in [1.29, 1.82) is 0 Å². The zero-order chi connectivity index (χ0) is 8.36. The highest BCUT2D eigenvalue weighted by Gasteiger charge is 1.89. The zero-order valence-corrected chi connectivity index (χ0v) is 8.16. The number of hydrogen-bond acceptors (Lipinski definition) is 3. The maximum atomic E-state index is 5.36. The van der Waals surface area contributed by atoms with Gasteiger partial charge in [0.15, 0.2) is 0 Å². The second-order valence-electron chi connectivity index (χ2n) is 2.45. The van der Waals surface area contributed by atoms with Gasteiger partial charge in [0, 0.05) is 13.7 Å². The van der Waals surface area contributed by atoms with E-state index < -0.39 is 0 Å². The Balaban J connectivity index is 2.69. The summed E-state index contributed by atoms with van der Waals surface area (Å²) in [6.45, 7) is 1.72. The van der Waals surface area contributed by atoms with Crippen LogP contribution < -0.4 is 5.73 Å². The van der Waals surface area contributed by atoms with Gasteiger partial charge in [0.1, 0.15) is 0 Å². The Kier molecular flexibility index (Phi) is 10.5. The quantitative estimate of drug-likeness (QED) is 0.571. The average Bonchev–Trinajstić information content (AvgIpc) is 2.03. The molecule has 0 aliphatic carbocycles. The van der Waals surface area contributed by atoms with Gasteiger partial charge in [0.25, 0.3) is 0 Å². The molecule has 0 bridgehead atoms. The van der Waals surface area contributed by atoms with Crippen molar-refractivity contribution in [2.45, 2.75) is 19.3 Å². The molecule has 0 radical (unpaired) electrons. The summed E-state index contributed by atoms with van der Waals surface area (Å²) in [5.74, 6) is 2.47. The van der Waals surface area contributed by atoms with Crippen LogP contribution in [0.4, 0.5) is 0 Å². The van der Waals surface area contributed by atoms with E-state index >= 15 is 0 Å². The van der Waals surface area contributed by atoms with Crippen molar-refractivity contribution in [2.24, 2.45) is 5.73 Å². The second kappa shape index (κ2) is 10.3. The van der Waals surface area contributed by atoms with Gasteiger partial charge in [-0.3, -0.25) is 0 Å². The summed E-state index contributed by atoms with van der Waals surface area (Å²) in [5, 5.41) is 0. The van der Waals surface area contributed by atoms with Crippen LogP contribution in [0.1, 0.15) is 19.3 Å². The van der Waals surface area contributed by atoms with Gasteiger partial charge in [-0.15, -0.1) is 0 Å². The number of ether oxygens (including phenoxy) is 1. The number of thioether (sulfide) groups is 1. The van der Waals surface area contributed by atoms with Gasteiger partial charge in [-0.05, 0) is 37.3 Å². The molecule has 0 amide bonds. The van der Waals surface area contributed by atoms with Crippen LogP contribution in [0.5, 0.6) is 0 Å². The molecule has 0 aliphatic rings. The fourth-order valence-electron chi connectivity index (χ4n) is 0.756. The second-order valence-corrected chi connectivity index (χ2v) is 3.68. The lowest BCUT2D eigenvalue weighted by Crippen LogP contribution is -1.99. The third-order valence-corrected chi connectivity index (χ3v) is 2.53. The third-order valence-electron chi connectivity index (χ3n) is 1.38. The lowest BCUT2D eigenvalue weighted by molar-refractivity contribution is 0.200. The molecular weight excluding hydrogens is 158 g/mol. The minimum Gasteiger partial charge on any atom is -0.385 e. The predicted octanol–water partition coefficient (Wildman–Crippen LogP) is 1.50. The first kappa shape index (κ1) is 11.3. The first-order valence-electron chi connectivity index (χ1n) is 4.18. The van der Waals surface area contributed by atoms with Gasteiger partial charge in [0.05, 0.1) is 0 Å². The maximum Gasteiger partial charge on any atom is 0.0470 e. The molecule has 0 fully saturated rings. The Morgan fingerprint density at radius 1 is 1.18 bits per heavy atom. The van der Waals surface area contributed by atoms with Crippen LogP contribution in [0.2, 0.25) is 0 Å². The summed E-state index contributed by atoms with van der Waals surface area (Å²) in [4.78, 5) is 0. The summed E-state index contributed by atoms with van der Waals surface area (Å²) in [6, 6.07) is 0. The van der Waals surface area contributed by atoms with Crippen molar-refractivity contribution >= 4 is 11.8 Å². The molecule has 0 aromatic carbocycles. The topological polar surface area (TPSA) is 35.2 Å². The predicted molar refractivity (Wildman–Crippen MR) is 52.1 cm³/mol. The first-order chi connectivity index (χ1) is 5.41. The molecule has 0 heterocycles. The molecule has 0 saturated carbocycles. The molecule has 2 N–H and O–H groups in total. The lowest BCUT2D eigenvalue weighted by atomic mass is 10.3. The summed E-state index contributed by atoms with van der Waals surface area (Å²) in [6.07, 6.45) is 3.59. The van der Waals surface area contributed by atoms with E-state index in [1.165, 1.54) is 24.3 Å². The summed E-state index contributed by atoms with van der Waals surface area (Å²) in [5.41, 5.74) is 5.36. The Bertz CT molecular complexity index is 63.1. The van der Waals surface area contributed by atoms with E-state index in [9.17, 15) is 0 Å². The van der Waals surface area contributed by atoms with Crippen LogP contribution in [-0.2, 0) is 4.74 Å². The molecular formula is C8H19NOS. The van der Waals surface area contributed by atoms with Crippen LogP contribution in [0.25, 0.3) is 0 Å². The number of rotatable bonds is 8. The van der Waals surface area contributed by atoms with E-state index in [1.54, 1.807) is 7.11 Å². The van der Waals surface area contributed by atoms with E-state index in [4.69, 9.17) is 10.5 Å². The first-order valence-corrected chi connectivity index (χ1v) is 5.34. The van der Waals surface area contributed by atoms with E-state index in [0.29, 0.717) is 0 Å². The standard InChI is InChI=1S/C8H19NOS/c1-10-6-4-8-11-7-3-2-5-9/h2-9H2,1H3. The molecule has 0 saturated heterocycles. The minimum atomic E-state index is 0.832. The summed E-state index contributed by atoms with van der Waals surface area (Å²) >= 11 is 2.00. The van der Waals surface area contributed by atoms with E-state index in [2.05, 4.69) is 0 Å².